The summed E-state index contributed by atoms with van der Waals surface area (Å²) < 4.78 is 26.9. The number of hydrogen-bond donors (Lipinski definition) is 3. The van der Waals surface area contributed by atoms with E-state index in [-0.39, 0.29) is 17.1 Å². The molecule has 0 aromatic carbocycles. The van der Waals surface area contributed by atoms with Crippen molar-refractivity contribution < 1.29 is 18.3 Å². The fourth-order valence-corrected chi connectivity index (χ4v) is 4.45. The highest BCUT2D eigenvalue weighted by molar-refractivity contribution is 7.99. The van der Waals surface area contributed by atoms with E-state index < -0.39 is 21.7 Å². The van der Waals surface area contributed by atoms with Crippen molar-refractivity contribution in [1.82, 2.24) is 19.8 Å². The van der Waals surface area contributed by atoms with Gasteiger partial charge >= 0.3 is 5.97 Å². The van der Waals surface area contributed by atoms with E-state index in [0.717, 1.165) is 24.6 Å². The SMILES string of the molecule is Cc1[nH]nc(C(=O)O)c1S(=O)(=O)NCCN1CCSCC1. The van der Waals surface area contributed by atoms with Gasteiger partial charge in [-0.1, -0.05) is 0 Å². The summed E-state index contributed by atoms with van der Waals surface area (Å²) in [6, 6.07) is 0. The number of nitrogens with zero attached hydrogens (tertiary/aromatic N) is 2. The van der Waals surface area contributed by atoms with Crippen molar-refractivity contribution in [1.29, 1.82) is 0 Å². The maximum atomic E-state index is 12.2. The second-order valence-electron chi connectivity index (χ2n) is 4.68. The molecule has 1 fully saturated rings. The summed E-state index contributed by atoms with van der Waals surface area (Å²) in [6.07, 6.45) is 0. The van der Waals surface area contributed by atoms with Gasteiger partial charge in [0, 0.05) is 37.7 Å². The van der Waals surface area contributed by atoms with Gasteiger partial charge in [-0.2, -0.15) is 16.9 Å². The molecule has 10 heteroatoms. The number of carboxylic acids is 1. The molecule has 1 saturated heterocycles. The zero-order chi connectivity index (χ0) is 15.5. The van der Waals surface area contributed by atoms with E-state index in [2.05, 4.69) is 19.8 Å². The first kappa shape index (κ1) is 16.3. The molecule has 3 N–H and O–H groups in total. The van der Waals surface area contributed by atoms with Gasteiger partial charge in [-0.15, -0.1) is 0 Å². The summed E-state index contributed by atoms with van der Waals surface area (Å²) in [6.45, 7) is 4.22. The molecule has 0 amide bonds. The summed E-state index contributed by atoms with van der Waals surface area (Å²) in [5.41, 5.74) is -0.261. The molecule has 0 aliphatic carbocycles. The van der Waals surface area contributed by atoms with Crippen LogP contribution in [-0.2, 0) is 10.0 Å². The van der Waals surface area contributed by atoms with Crippen molar-refractivity contribution in [2.45, 2.75) is 11.8 Å². The fourth-order valence-electron chi connectivity index (χ4n) is 2.13. The normalized spacial score (nSPS) is 17.0. The number of aromatic nitrogens is 2. The van der Waals surface area contributed by atoms with Gasteiger partial charge in [0.2, 0.25) is 10.0 Å². The molecule has 0 atom stereocenters. The molecule has 0 spiro atoms. The standard InChI is InChI=1S/C11H18N4O4S2/c1-8-10(9(11(16)17)14-13-8)21(18,19)12-2-3-15-4-6-20-7-5-15/h12H,2-7H2,1H3,(H,13,14)(H,16,17). The highest BCUT2D eigenvalue weighted by Gasteiger charge is 2.28. The minimum atomic E-state index is -3.88. The molecule has 0 unspecified atom stereocenters. The number of hydrogen-bond acceptors (Lipinski definition) is 6. The topological polar surface area (TPSA) is 115 Å². The van der Waals surface area contributed by atoms with Crippen molar-refractivity contribution in [2.75, 3.05) is 37.7 Å². The monoisotopic (exact) mass is 334 g/mol. The fraction of sp³-hybridized carbons (Fsp3) is 0.636. The molecule has 8 nitrogen and oxygen atoms in total. The van der Waals surface area contributed by atoms with Gasteiger partial charge in [-0.05, 0) is 6.92 Å². The van der Waals surface area contributed by atoms with Crippen molar-refractivity contribution in [3.8, 4) is 0 Å². The second kappa shape index (κ2) is 6.77. The predicted molar refractivity (Wildman–Crippen MR) is 79.2 cm³/mol. The molecule has 0 radical (unpaired) electrons. The number of rotatable bonds is 6. The Morgan fingerprint density at radius 3 is 2.76 bits per heavy atom. The van der Waals surface area contributed by atoms with Crippen LogP contribution in [0.4, 0.5) is 0 Å². The zero-order valence-corrected chi connectivity index (χ0v) is 13.3. The van der Waals surface area contributed by atoms with Crippen molar-refractivity contribution in [3.63, 3.8) is 0 Å². The van der Waals surface area contributed by atoms with Gasteiger partial charge in [0.25, 0.3) is 0 Å². The third-order valence-corrected chi connectivity index (χ3v) is 5.75. The maximum absolute atomic E-state index is 12.2. The Kier molecular flexibility index (Phi) is 5.25. The lowest BCUT2D eigenvalue weighted by molar-refractivity contribution is 0.0686. The van der Waals surface area contributed by atoms with Crippen LogP contribution < -0.4 is 4.72 Å². The van der Waals surface area contributed by atoms with Gasteiger partial charge in [0.05, 0.1) is 5.69 Å². The van der Waals surface area contributed by atoms with E-state index in [0.29, 0.717) is 6.54 Å². The number of aromatic amines is 1. The Morgan fingerprint density at radius 1 is 1.48 bits per heavy atom. The van der Waals surface area contributed by atoms with Gasteiger partial charge in [-0.25, -0.2) is 17.9 Å². The summed E-state index contributed by atoms with van der Waals surface area (Å²) in [4.78, 5) is 12.9. The minimum Gasteiger partial charge on any atom is -0.476 e. The molecule has 21 heavy (non-hydrogen) atoms. The van der Waals surface area contributed by atoms with Gasteiger partial charge < -0.3 is 10.0 Å². The highest BCUT2D eigenvalue weighted by Crippen LogP contribution is 2.17. The molecule has 0 bridgehead atoms. The van der Waals surface area contributed by atoms with E-state index in [1.165, 1.54) is 6.92 Å². The number of carbonyl (C=O) groups is 1. The number of H-pyrrole nitrogens is 1. The number of aryl methyl sites for hydroxylation is 1. The first-order chi connectivity index (χ1) is 9.92. The quantitative estimate of drug-likeness (QED) is 0.656. The number of aromatic carboxylic acids is 1. The number of thioether (sulfide) groups is 1. The molecule has 1 aromatic heterocycles. The zero-order valence-electron chi connectivity index (χ0n) is 11.6. The van der Waals surface area contributed by atoms with Crippen LogP contribution in [0.25, 0.3) is 0 Å². The van der Waals surface area contributed by atoms with E-state index in [9.17, 15) is 13.2 Å². The van der Waals surface area contributed by atoms with Crippen molar-refractivity contribution in [2.24, 2.45) is 0 Å². The Morgan fingerprint density at radius 2 is 2.14 bits per heavy atom. The molecule has 0 saturated carbocycles. The Labute approximate surface area is 127 Å². The van der Waals surface area contributed by atoms with Gasteiger partial charge in [0.15, 0.2) is 5.69 Å². The smallest absolute Gasteiger partial charge is 0.357 e. The summed E-state index contributed by atoms with van der Waals surface area (Å²) in [5, 5.41) is 14.9. The maximum Gasteiger partial charge on any atom is 0.357 e. The second-order valence-corrected chi connectivity index (χ2v) is 7.61. The van der Waals surface area contributed by atoms with Gasteiger partial charge in [-0.3, -0.25) is 5.10 Å². The summed E-state index contributed by atoms with van der Waals surface area (Å²) in [7, 11) is -3.88. The number of nitrogens with one attached hydrogen (secondary N) is 2. The molecule has 1 aliphatic heterocycles. The van der Waals surface area contributed by atoms with E-state index in [1.807, 2.05) is 11.8 Å². The highest BCUT2D eigenvalue weighted by atomic mass is 32.2. The lowest BCUT2D eigenvalue weighted by Gasteiger charge is -2.25. The van der Waals surface area contributed by atoms with Crippen LogP contribution in [0.2, 0.25) is 0 Å². The average Bonchev–Trinajstić information content (AvgIpc) is 2.83. The largest absolute Gasteiger partial charge is 0.476 e. The van der Waals surface area contributed by atoms with Crippen LogP contribution in [0.3, 0.4) is 0 Å². The average molecular weight is 334 g/mol. The Bertz CT molecular complexity index is 608. The van der Waals surface area contributed by atoms with Crippen molar-refractivity contribution in [3.05, 3.63) is 11.4 Å². The molecular formula is C11H18N4O4S2. The third kappa shape index (κ3) is 3.96. The first-order valence-corrected chi connectivity index (χ1v) is 9.13. The van der Waals surface area contributed by atoms with E-state index >= 15 is 0 Å². The molecule has 118 valence electrons. The number of sulfonamides is 1. The Balaban J connectivity index is 2.01. The van der Waals surface area contributed by atoms with Crippen LogP contribution >= 0.6 is 11.8 Å². The number of carboxylic acid groups (broad SMARTS) is 1. The van der Waals surface area contributed by atoms with Crippen LogP contribution in [0.5, 0.6) is 0 Å². The van der Waals surface area contributed by atoms with Crippen LogP contribution in [-0.4, -0.2) is 72.3 Å². The molecular weight excluding hydrogens is 316 g/mol. The molecule has 2 rings (SSSR count). The van der Waals surface area contributed by atoms with E-state index in [4.69, 9.17) is 5.11 Å². The molecule has 1 aromatic rings. The van der Waals surface area contributed by atoms with Crippen LogP contribution in [0, 0.1) is 6.92 Å². The van der Waals surface area contributed by atoms with Crippen molar-refractivity contribution >= 4 is 27.8 Å². The molecule has 1 aliphatic rings. The minimum absolute atomic E-state index is 0.217. The van der Waals surface area contributed by atoms with Gasteiger partial charge in [0.1, 0.15) is 4.90 Å². The lowest BCUT2D eigenvalue weighted by atomic mass is 10.4. The van der Waals surface area contributed by atoms with Crippen LogP contribution in [0.15, 0.2) is 4.90 Å². The lowest BCUT2D eigenvalue weighted by Crippen LogP contribution is -2.39. The Hall–Kier alpha value is -1.10. The third-order valence-electron chi connectivity index (χ3n) is 3.19. The summed E-state index contributed by atoms with van der Waals surface area (Å²) >= 11 is 1.88. The summed E-state index contributed by atoms with van der Waals surface area (Å²) in [5.74, 6) is 0.737. The van der Waals surface area contributed by atoms with E-state index in [1.54, 1.807) is 0 Å². The first-order valence-electron chi connectivity index (χ1n) is 6.50. The van der Waals surface area contributed by atoms with Crippen LogP contribution in [0.1, 0.15) is 16.2 Å². The predicted octanol–water partition coefficient (Wildman–Crippen LogP) is -0.257. The molecule has 2 heterocycles.